The molecule has 0 amide bonds. The summed E-state index contributed by atoms with van der Waals surface area (Å²) in [6.07, 6.45) is 6.41. The van der Waals surface area contributed by atoms with Gasteiger partial charge in [-0.1, -0.05) is 43.2 Å². The number of nitrogens with zero attached hydrogens (tertiary/aromatic N) is 1. The Labute approximate surface area is 112 Å². The van der Waals surface area contributed by atoms with Gasteiger partial charge < -0.3 is 4.90 Å². The highest BCUT2D eigenvalue weighted by atomic mass is 32.1. The van der Waals surface area contributed by atoms with Crippen LogP contribution >= 0.6 is 12.6 Å². The molecule has 0 bridgehead atoms. The molecule has 0 aliphatic heterocycles. The van der Waals surface area contributed by atoms with Crippen molar-refractivity contribution >= 4 is 12.6 Å². The zero-order valence-corrected chi connectivity index (χ0v) is 11.8. The largest absolute Gasteiger partial charge is 0.306 e. The van der Waals surface area contributed by atoms with Crippen LogP contribution in [0.5, 0.6) is 0 Å². The monoisotopic (exact) mass is 251 g/mol. The molecule has 1 aromatic rings. The summed E-state index contributed by atoms with van der Waals surface area (Å²) in [6.45, 7) is 2.38. The maximum atomic E-state index is 4.23. The van der Waals surface area contributed by atoms with Crippen molar-refractivity contribution in [3.63, 3.8) is 0 Å². The summed E-state index contributed by atoms with van der Waals surface area (Å²) >= 11 is 4.23. The SMILES string of the molecule is CN(CCCCCCS)CCc1ccccc1. The summed E-state index contributed by atoms with van der Waals surface area (Å²) in [7, 11) is 2.22. The average Bonchev–Trinajstić information content (AvgIpc) is 2.37. The van der Waals surface area contributed by atoms with Gasteiger partial charge in [-0.15, -0.1) is 0 Å². The fraction of sp³-hybridized carbons (Fsp3) is 0.600. The van der Waals surface area contributed by atoms with Crippen molar-refractivity contribution in [3.05, 3.63) is 35.9 Å². The van der Waals surface area contributed by atoms with Crippen LogP contribution in [0.1, 0.15) is 31.2 Å². The summed E-state index contributed by atoms with van der Waals surface area (Å²) in [5, 5.41) is 0. The number of thiol groups is 1. The zero-order valence-electron chi connectivity index (χ0n) is 10.9. The molecule has 1 aromatic carbocycles. The fourth-order valence-electron chi connectivity index (χ4n) is 1.92. The van der Waals surface area contributed by atoms with Crippen molar-refractivity contribution in [2.24, 2.45) is 0 Å². The third kappa shape index (κ3) is 7.45. The van der Waals surface area contributed by atoms with E-state index in [-0.39, 0.29) is 0 Å². The molecule has 0 heterocycles. The van der Waals surface area contributed by atoms with Crippen LogP contribution in [0.15, 0.2) is 30.3 Å². The molecule has 0 fully saturated rings. The summed E-state index contributed by atoms with van der Waals surface area (Å²) in [5.74, 6) is 1.03. The van der Waals surface area contributed by atoms with E-state index in [1.165, 1.54) is 37.8 Å². The summed E-state index contributed by atoms with van der Waals surface area (Å²) in [5.41, 5.74) is 1.44. The number of hydrogen-bond donors (Lipinski definition) is 1. The summed E-state index contributed by atoms with van der Waals surface area (Å²) in [6, 6.07) is 10.7. The Kier molecular flexibility index (Phi) is 8.20. The second kappa shape index (κ2) is 9.55. The Morgan fingerprint density at radius 3 is 2.35 bits per heavy atom. The number of benzene rings is 1. The molecule has 0 spiro atoms. The van der Waals surface area contributed by atoms with Crippen LogP contribution in [0.2, 0.25) is 0 Å². The van der Waals surface area contributed by atoms with Gasteiger partial charge in [0.05, 0.1) is 0 Å². The van der Waals surface area contributed by atoms with E-state index in [0.29, 0.717) is 0 Å². The molecule has 0 aliphatic carbocycles. The molecule has 17 heavy (non-hydrogen) atoms. The Balaban J connectivity index is 2.03. The van der Waals surface area contributed by atoms with Gasteiger partial charge in [0.15, 0.2) is 0 Å². The molecule has 0 saturated carbocycles. The standard InChI is InChI=1S/C15H25NS/c1-16(12-7-2-3-8-14-17)13-11-15-9-5-4-6-10-15/h4-6,9-10,17H,2-3,7-8,11-14H2,1H3. The third-order valence-electron chi connectivity index (χ3n) is 3.07. The van der Waals surface area contributed by atoms with Gasteiger partial charge in [-0.3, -0.25) is 0 Å². The summed E-state index contributed by atoms with van der Waals surface area (Å²) in [4.78, 5) is 2.44. The first-order chi connectivity index (χ1) is 8.33. The van der Waals surface area contributed by atoms with Crippen molar-refractivity contribution in [3.8, 4) is 0 Å². The molecular weight excluding hydrogens is 226 g/mol. The highest BCUT2D eigenvalue weighted by Crippen LogP contribution is 2.04. The van der Waals surface area contributed by atoms with Crippen LogP contribution in [0.25, 0.3) is 0 Å². The molecule has 0 N–H and O–H groups in total. The van der Waals surface area contributed by atoms with E-state index < -0.39 is 0 Å². The van der Waals surface area contributed by atoms with Gasteiger partial charge in [-0.25, -0.2) is 0 Å². The van der Waals surface area contributed by atoms with Crippen LogP contribution in [-0.4, -0.2) is 30.8 Å². The van der Waals surface area contributed by atoms with E-state index in [9.17, 15) is 0 Å². The molecule has 1 nitrogen and oxygen atoms in total. The second-order valence-electron chi connectivity index (χ2n) is 4.68. The molecule has 1 rings (SSSR count). The Morgan fingerprint density at radius 1 is 0.941 bits per heavy atom. The van der Waals surface area contributed by atoms with Gasteiger partial charge in [-0.2, -0.15) is 12.6 Å². The molecule has 0 aromatic heterocycles. The smallest absolute Gasteiger partial charge is 0.00188 e. The lowest BCUT2D eigenvalue weighted by Crippen LogP contribution is -2.22. The molecule has 0 radical (unpaired) electrons. The lowest BCUT2D eigenvalue weighted by Gasteiger charge is -2.16. The highest BCUT2D eigenvalue weighted by molar-refractivity contribution is 7.80. The zero-order chi connectivity index (χ0) is 12.3. The van der Waals surface area contributed by atoms with Gasteiger partial charge in [0.2, 0.25) is 0 Å². The van der Waals surface area contributed by atoms with Crippen molar-refractivity contribution in [1.82, 2.24) is 4.90 Å². The van der Waals surface area contributed by atoms with Crippen molar-refractivity contribution in [2.45, 2.75) is 32.1 Å². The van der Waals surface area contributed by atoms with E-state index >= 15 is 0 Å². The predicted molar refractivity (Wildman–Crippen MR) is 80.0 cm³/mol. The van der Waals surface area contributed by atoms with Crippen LogP contribution in [0.4, 0.5) is 0 Å². The van der Waals surface area contributed by atoms with E-state index in [0.717, 1.165) is 18.7 Å². The number of likely N-dealkylation sites (N-methyl/N-ethyl adjacent to an activating group) is 1. The molecular formula is C15H25NS. The minimum atomic E-state index is 1.03. The highest BCUT2D eigenvalue weighted by Gasteiger charge is 1.99. The van der Waals surface area contributed by atoms with Crippen LogP contribution in [0.3, 0.4) is 0 Å². The van der Waals surface area contributed by atoms with Crippen LogP contribution in [-0.2, 0) is 6.42 Å². The first kappa shape index (κ1) is 14.6. The van der Waals surface area contributed by atoms with Gasteiger partial charge in [0.25, 0.3) is 0 Å². The number of hydrogen-bond acceptors (Lipinski definition) is 2. The van der Waals surface area contributed by atoms with Gasteiger partial charge in [0, 0.05) is 6.54 Å². The predicted octanol–water partition coefficient (Wildman–Crippen LogP) is 3.65. The summed E-state index contributed by atoms with van der Waals surface area (Å²) < 4.78 is 0. The lowest BCUT2D eigenvalue weighted by atomic mass is 10.1. The minimum absolute atomic E-state index is 1.03. The molecule has 96 valence electrons. The molecule has 0 aliphatic rings. The Morgan fingerprint density at radius 2 is 1.65 bits per heavy atom. The minimum Gasteiger partial charge on any atom is -0.306 e. The van der Waals surface area contributed by atoms with Gasteiger partial charge in [-0.05, 0) is 44.2 Å². The molecule has 0 saturated heterocycles. The van der Waals surface area contributed by atoms with E-state index in [2.05, 4.69) is 54.9 Å². The van der Waals surface area contributed by atoms with Gasteiger partial charge in [0.1, 0.15) is 0 Å². The quantitative estimate of drug-likeness (QED) is 0.518. The molecule has 0 unspecified atom stereocenters. The Bertz CT molecular complexity index is 274. The topological polar surface area (TPSA) is 3.24 Å². The van der Waals surface area contributed by atoms with Crippen LogP contribution < -0.4 is 0 Å². The normalized spacial score (nSPS) is 11.0. The second-order valence-corrected chi connectivity index (χ2v) is 5.12. The van der Waals surface area contributed by atoms with Gasteiger partial charge >= 0.3 is 0 Å². The first-order valence-corrected chi connectivity index (χ1v) is 7.29. The molecule has 2 heteroatoms. The maximum Gasteiger partial charge on any atom is 0.00188 e. The van der Waals surface area contributed by atoms with E-state index in [1.807, 2.05) is 0 Å². The fourth-order valence-corrected chi connectivity index (χ4v) is 2.15. The van der Waals surface area contributed by atoms with Crippen molar-refractivity contribution in [1.29, 1.82) is 0 Å². The first-order valence-electron chi connectivity index (χ1n) is 6.66. The lowest BCUT2D eigenvalue weighted by molar-refractivity contribution is 0.328. The van der Waals surface area contributed by atoms with E-state index in [1.54, 1.807) is 0 Å². The van der Waals surface area contributed by atoms with E-state index in [4.69, 9.17) is 0 Å². The number of unbranched alkanes of at least 4 members (excludes halogenated alkanes) is 3. The van der Waals surface area contributed by atoms with Crippen LogP contribution in [0, 0.1) is 0 Å². The third-order valence-corrected chi connectivity index (χ3v) is 3.39. The van der Waals surface area contributed by atoms with Crippen molar-refractivity contribution in [2.75, 3.05) is 25.9 Å². The Hall–Kier alpha value is -0.470. The average molecular weight is 251 g/mol. The number of rotatable bonds is 9. The molecule has 0 atom stereocenters. The maximum absolute atomic E-state index is 4.23. The van der Waals surface area contributed by atoms with Crippen molar-refractivity contribution < 1.29 is 0 Å².